The number of anilines is 1. The van der Waals surface area contributed by atoms with E-state index in [0.29, 0.717) is 0 Å². The van der Waals surface area contributed by atoms with Gasteiger partial charge in [0, 0.05) is 17.8 Å². The minimum atomic E-state index is 0.786. The molecular weight excluding hydrogens is 262 g/mol. The maximum Gasteiger partial charge on any atom is 0.182 e. The van der Waals surface area contributed by atoms with Gasteiger partial charge in [-0.05, 0) is 41.3 Å². The Labute approximate surface area is 125 Å². The molecule has 0 radical (unpaired) electrons. The molecule has 0 bridgehead atoms. The van der Waals surface area contributed by atoms with Crippen molar-refractivity contribution in [1.29, 1.82) is 0 Å². The lowest BCUT2D eigenvalue weighted by Gasteiger charge is -2.21. The number of nitrogens with two attached hydrogens (primary N) is 1. The number of tetrazole rings is 1. The molecule has 0 amide bonds. The van der Waals surface area contributed by atoms with Crippen LogP contribution < -0.4 is 5.73 Å². The summed E-state index contributed by atoms with van der Waals surface area (Å²) >= 11 is 0. The summed E-state index contributed by atoms with van der Waals surface area (Å²) < 4.78 is 1.93. The van der Waals surface area contributed by atoms with Gasteiger partial charge in [-0.25, -0.2) is 4.68 Å². The number of benzene rings is 1. The second-order valence-electron chi connectivity index (χ2n) is 6.04. The summed E-state index contributed by atoms with van der Waals surface area (Å²) in [5, 5.41) is 12.2. The van der Waals surface area contributed by atoms with Crippen molar-refractivity contribution in [3.8, 4) is 11.4 Å². The van der Waals surface area contributed by atoms with E-state index in [1.807, 2.05) is 29.8 Å². The topological polar surface area (TPSA) is 69.6 Å². The molecule has 5 heteroatoms. The zero-order valence-corrected chi connectivity index (χ0v) is 12.6. The van der Waals surface area contributed by atoms with E-state index in [1.54, 1.807) is 0 Å². The van der Waals surface area contributed by atoms with Crippen LogP contribution in [-0.2, 0) is 6.54 Å². The van der Waals surface area contributed by atoms with Gasteiger partial charge >= 0.3 is 0 Å². The van der Waals surface area contributed by atoms with Gasteiger partial charge in [0.2, 0.25) is 0 Å². The molecule has 1 aromatic carbocycles. The molecule has 1 aliphatic carbocycles. The number of nitrogens with zero attached hydrogens (tertiary/aromatic N) is 4. The summed E-state index contributed by atoms with van der Waals surface area (Å²) in [7, 11) is 0. The van der Waals surface area contributed by atoms with Crippen LogP contribution in [0.3, 0.4) is 0 Å². The van der Waals surface area contributed by atoms with Gasteiger partial charge in [0.1, 0.15) is 0 Å². The molecule has 2 N–H and O–H groups in total. The van der Waals surface area contributed by atoms with E-state index in [1.165, 1.54) is 38.5 Å². The third-order valence-electron chi connectivity index (χ3n) is 4.62. The highest BCUT2D eigenvalue weighted by molar-refractivity contribution is 5.67. The molecule has 1 heterocycles. The summed E-state index contributed by atoms with van der Waals surface area (Å²) in [4.78, 5) is 0. The Kier molecular flexibility index (Phi) is 4.18. The molecule has 0 atom stereocenters. The molecule has 0 unspecified atom stereocenters. The molecule has 1 aromatic heterocycles. The van der Waals surface area contributed by atoms with Crippen LogP contribution in [-0.4, -0.2) is 20.2 Å². The average molecular weight is 285 g/mol. The Bertz CT molecular complexity index is 598. The lowest BCUT2D eigenvalue weighted by molar-refractivity contribution is 0.318. The van der Waals surface area contributed by atoms with Crippen molar-refractivity contribution in [2.75, 3.05) is 5.73 Å². The summed E-state index contributed by atoms with van der Waals surface area (Å²) in [5.41, 5.74) is 8.85. The molecule has 0 saturated heterocycles. The minimum absolute atomic E-state index is 0.786. The summed E-state index contributed by atoms with van der Waals surface area (Å²) in [5.74, 6) is 1.66. The number of nitrogen functional groups attached to an aromatic ring is 1. The first kappa shape index (κ1) is 14.0. The van der Waals surface area contributed by atoms with Crippen LogP contribution in [0.15, 0.2) is 18.2 Å². The van der Waals surface area contributed by atoms with Crippen LogP contribution in [0.25, 0.3) is 11.4 Å². The third-order valence-corrected chi connectivity index (χ3v) is 4.62. The van der Waals surface area contributed by atoms with Gasteiger partial charge in [0.05, 0.1) is 0 Å². The first-order valence-corrected chi connectivity index (χ1v) is 7.87. The SMILES string of the molecule is Cc1c(N)cccc1-c1nnnn1CCC1CCCCC1. The monoisotopic (exact) mass is 285 g/mol. The van der Waals surface area contributed by atoms with E-state index in [9.17, 15) is 0 Å². The van der Waals surface area contributed by atoms with Crippen molar-refractivity contribution in [2.45, 2.75) is 52.0 Å². The molecular formula is C16H23N5. The molecule has 3 rings (SSSR count). The molecule has 5 nitrogen and oxygen atoms in total. The van der Waals surface area contributed by atoms with Gasteiger partial charge in [-0.3, -0.25) is 0 Å². The number of hydrogen-bond donors (Lipinski definition) is 1. The highest BCUT2D eigenvalue weighted by atomic mass is 15.5. The first-order valence-electron chi connectivity index (χ1n) is 7.87. The second kappa shape index (κ2) is 6.24. The molecule has 0 aliphatic heterocycles. The van der Waals surface area contributed by atoms with E-state index in [4.69, 9.17) is 5.73 Å². The van der Waals surface area contributed by atoms with E-state index in [-0.39, 0.29) is 0 Å². The largest absolute Gasteiger partial charge is 0.398 e. The number of hydrogen-bond acceptors (Lipinski definition) is 4. The van der Waals surface area contributed by atoms with E-state index in [0.717, 1.165) is 35.1 Å². The maximum absolute atomic E-state index is 5.99. The normalized spacial score (nSPS) is 16.2. The van der Waals surface area contributed by atoms with Crippen molar-refractivity contribution < 1.29 is 0 Å². The lowest BCUT2D eigenvalue weighted by Crippen LogP contribution is -2.12. The summed E-state index contributed by atoms with van der Waals surface area (Å²) in [6, 6.07) is 5.90. The zero-order valence-electron chi connectivity index (χ0n) is 12.6. The van der Waals surface area contributed by atoms with E-state index >= 15 is 0 Å². The van der Waals surface area contributed by atoms with Crippen LogP contribution in [0.4, 0.5) is 5.69 Å². The fourth-order valence-electron chi connectivity index (χ4n) is 3.22. The Balaban J connectivity index is 1.76. The number of rotatable bonds is 4. The lowest BCUT2D eigenvalue weighted by atomic mass is 9.87. The predicted molar refractivity (Wildman–Crippen MR) is 83.6 cm³/mol. The van der Waals surface area contributed by atoms with Gasteiger partial charge in [-0.15, -0.1) is 5.10 Å². The fourth-order valence-corrected chi connectivity index (χ4v) is 3.22. The number of aromatic nitrogens is 4. The van der Waals surface area contributed by atoms with E-state index < -0.39 is 0 Å². The molecule has 0 spiro atoms. The van der Waals surface area contributed by atoms with Gasteiger partial charge in [0.15, 0.2) is 5.82 Å². The van der Waals surface area contributed by atoms with Crippen molar-refractivity contribution in [3.63, 3.8) is 0 Å². The average Bonchev–Trinajstić information content (AvgIpc) is 2.97. The first-order chi connectivity index (χ1) is 10.3. The fraction of sp³-hybridized carbons (Fsp3) is 0.562. The molecule has 1 aliphatic rings. The molecule has 1 saturated carbocycles. The summed E-state index contributed by atoms with van der Waals surface area (Å²) in [6.45, 7) is 2.91. The van der Waals surface area contributed by atoms with Gasteiger partial charge < -0.3 is 5.73 Å². The van der Waals surface area contributed by atoms with Crippen molar-refractivity contribution >= 4 is 5.69 Å². The highest BCUT2D eigenvalue weighted by Gasteiger charge is 2.16. The van der Waals surface area contributed by atoms with Crippen molar-refractivity contribution in [3.05, 3.63) is 23.8 Å². The Morgan fingerprint density at radius 1 is 1.24 bits per heavy atom. The highest BCUT2D eigenvalue weighted by Crippen LogP contribution is 2.28. The van der Waals surface area contributed by atoms with Crippen molar-refractivity contribution in [2.24, 2.45) is 5.92 Å². The third kappa shape index (κ3) is 3.06. The van der Waals surface area contributed by atoms with Crippen LogP contribution >= 0.6 is 0 Å². The quantitative estimate of drug-likeness (QED) is 0.876. The van der Waals surface area contributed by atoms with Crippen LogP contribution in [0, 0.1) is 12.8 Å². The number of aryl methyl sites for hydroxylation is 1. The van der Waals surface area contributed by atoms with Crippen LogP contribution in [0.1, 0.15) is 44.1 Å². The molecule has 21 heavy (non-hydrogen) atoms. The Hall–Kier alpha value is -1.91. The standard InChI is InChI=1S/C16H23N5/c1-12-14(8-5-9-15(12)17)16-18-19-20-21(16)11-10-13-6-3-2-4-7-13/h5,8-9,13H,2-4,6-7,10-11,17H2,1H3. The van der Waals surface area contributed by atoms with Crippen LogP contribution in [0.2, 0.25) is 0 Å². The van der Waals surface area contributed by atoms with Crippen LogP contribution in [0.5, 0.6) is 0 Å². The molecule has 1 fully saturated rings. The van der Waals surface area contributed by atoms with Gasteiger partial charge in [-0.1, -0.05) is 44.2 Å². The second-order valence-corrected chi connectivity index (χ2v) is 6.04. The Morgan fingerprint density at radius 3 is 2.86 bits per heavy atom. The van der Waals surface area contributed by atoms with E-state index in [2.05, 4.69) is 15.5 Å². The maximum atomic E-state index is 5.99. The molecule has 2 aromatic rings. The molecule has 112 valence electrons. The zero-order chi connectivity index (χ0) is 14.7. The van der Waals surface area contributed by atoms with Gasteiger partial charge in [-0.2, -0.15) is 0 Å². The minimum Gasteiger partial charge on any atom is -0.398 e. The Morgan fingerprint density at radius 2 is 2.05 bits per heavy atom. The smallest absolute Gasteiger partial charge is 0.182 e. The summed E-state index contributed by atoms with van der Waals surface area (Å²) in [6.07, 6.45) is 8.03. The van der Waals surface area contributed by atoms with Crippen molar-refractivity contribution in [1.82, 2.24) is 20.2 Å². The van der Waals surface area contributed by atoms with Gasteiger partial charge in [0.25, 0.3) is 0 Å². The predicted octanol–water partition coefficient (Wildman–Crippen LogP) is 3.20.